The lowest BCUT2D eigenvalue weighted by Crippen LogP contribution is -2.46. The van der Waals surface area contributed by atoms with E-state index in [2.05, 4.69) is 13.8 Å². The molecule has 0 saturated carbocycles. The van der Waals surface area contributed by atoms with Crippen LogP contribution in [0.25, 0.3) is 0 Å². The third-order valence-corrected chi connectivity index (χ3v) is 4.02. The van der Waals surface area contributed by atoms with Gasteiger partial charge in [-0.2, -0.15) is 0 Å². The molecule has 0 spiro atoms. The van der Waals surface area contributed by atoms with Crippen LogP contribution in [0.2, 0.25) is 0 Å². The van der Waals surface area contributed by atoms with Gasteiger partial charge in [0.15, 0.2) is 0 Å². The number of carbonyl (C=O) groups is 1. The van der Waals surface area contributed by atoms with E-state index in [0.717, 1.165) is 18.5 Å². The summed E-state index contributed by atoms with van der Waals surface area (Å²) in [5, 5.41) is 9.84. The highest BCUT2D eigenvalue weighted by atomic mass is 16.3. The molecule has 1 amide bonds. The lowest BCUT2D eigenvalue weighted by Gasteiger charge is -2.38. The van der Waals surface area contributed by atoms with Crippen LogP contribution in [-0.2, 0) is 0 Å². The van der Waals surface area contributed by atoms with Crippen molar-refractivity contribution in [2.75, 3.05) is 6.54 Å². The van der Waals surface area contributed by atoms with E-state index < -0.39 is 0 Å². The van der Waals surface area contributed by atoms with Crippen LogP contribution >= 0.6 is 0 Å². The average molecular weight is 247 g/mol. The number of carbonyl (C=O) groups excluding carboxylic acids is 1. The summed E-state index contributed by atoms with van der Waals surface area (Å²) in [5.74, 6) is 0.556. The molecule has 0 aromatic heterocycles. The number of hydrogen-bond acceptors (Lipinski definition) is 2. The molecular weight excluding hydrogens is 226 g/mol. The summed E-state index contributed by atoms with van der Waals surface area (Å²) in [6.07, 6.45) is 2.22. The molecule has 1 saturated heterocycles. The van der Waals surface area contributed by atoms with E-state index in [1.54, 1.807) is 12.1 Å². The van der Waals surface area contributed by atoms with Crippen LogP contribution in [0.1, 0.15) is 42.6 Å². The van der Waals surface area contributed by atoms with Gasteiger partial charge in [0.25, 0.3) is 5.91 Å². The zero-order valence-corrected chi connectivity index (χ0v) is 11.3. The quantitative estimate of drug-likeness (QED) is 0.828. The Bertz CT molecular complexity index is 456. The van der Waals surface area contributed by atoms with Gasteiger partial charge >= 0.3 is 0 Å². The number of phenols is 1. The van der Waals surface area contributed by atoms with Crippen LogP contribution in [0.3, 0.4) is 0 Å². The van der Waals surface area contributed by atoms with Crippen molar-refractivity contribution in [1.29, 1.82) is 0 Å². The third kappa shape index (κ3) is 2.35. The van der Waals surface area contributed by atoms with Crippen molar-refractivity contribution in [1.82, 2.24) is 4.90 Å². The van der Waals surface area contributed by atoms with Gasteiger partial charge in [-0.25, -0.2) is 0 Å². The largest absolute Gasteiger partial charge is 0.507 e. The first-order valence-corrected chi connectivity index (χ1v) is 6.61. The van der Waals surface area contributed by atoms with Crippen molar-refractivity contribution in [2.24, 2.45) is 5.92 Å². The molecule has 1 aromatic carbocycles. The van der Waals surface area contributed by atoms with E-state index >= 15 is 0 Å². The molecule has 3 nitrogen and oxygen atoms in total. The highest BCUT2D eigenvalue weighted by Crippen LogP contribution is 2.27. The predicted octanol–water partition coefficient (Wildman–Crippen LogP) is 2.96. The van der Waals surface area contributed by atoms with Crippen molar-refractivity contribution in [2.45, 2.75) is 39.7 Å². The summed E-state index contributed by atoms with van der Waals surface area (Å²) >= 11 is 0. The number of piperidine rings is 1. The highest BCUT2D eigenvalue weighted by molar-refractivity contribution is 5.97. The predicted molar refractivity (Wildman–Crippen MR) is 71.7 cm³/mol. The molecule has 18 heavy (non-hydrogen) atoms. The molecule has 98 valence electrons. The molecule has 0 radical (unpaired) electrons. The highest BCUT2D eigenvalue weighted by Gasteiger charge is 2.30. The second-order valence-electron chi connectivity index (χ2n) is 5.38. The van der Waals surface area contributed by atoms with Crippen molar-refractivity contribution in [3.63, 3.8) is 0 Å². The van der Waals surface area contributed by atoms with Crippen LogP contribution in [-0.4, -0.2) is 28.5 Å². The van der Waals surface area contributed by atoms with Crippen molar-refractivity contribution in [3.8, 4) is 5.75 Å². The second-order valence-corrected chi connectivity index (χ2v) is 5.38. The summed E-state index contributed by atoms with van der Waals surface area (Å²) in [6.45, 7) is 6.99. The van der Waals surface area contributed by atoms with E-state index in [9.17, 15) is 9.90 Å². The van der Waals surface area contributed by atoms with Gasteiger partial charge in [0, 0.05) is 12.6 Å². The van der Waals surface area contributed by atoms with Crippen LogP contribution in [0.5, 0.6) is 5.75 Å². The molecule has 1 aliphatic heterocycles. The number of likely N-dealkylation sites (tertiary alicyclic amines) is 1. The average Bonchev–Trinajstić information content (AvgIpc) is 2.35. The number of nitrogens with zero attached hydrogens (tertiary/aromatic N) is 1. The van der Waals surface area contributed by atoms with Gasteiger partial charge in [-0.3, -0.25) is 4.79 Å². The van der Waals surface area contributed by atoms with Gasteiger partial charge < -0.3 is 10.0 Å². The van der Waals surface area contributed by atoms with E-state index in [1.165, 1.54) is 6.42 Å². The third-order valence-electron chi connectivity index (χ3n) is 4.02. The number of amides is 1. The maximum Gasteiger partial charge on any atom is 0.257 e. The fourth-order valence-corrected chi connectivity index (χ4v) is 2.60. The van der Waals surface area contributed by atoms with Crippen molar-refractivity contribution >= 4 is 5.91 Å². The number of aromatic hydroxyl groups is 1. The summed E-state index contributed by atoms with van der Waals surface area (Å²) in [4.78, 5) is 14.4. The lowest BCUT2D eigenvalue weighted by atomic mass is 9.91. The van der Waals surface area contributed by atoms with E-state index in [0.29, 0.717) is 11.5 Å². The molecule has 0 aliphatic carbocycles. The Labute approximate surface area is 108 Å². The Balaban J connectivity index is 2.27. The van der Waals surface area contributed by atoms with Gasteiger partial charge in [-0.1, -0.05) is 18.6 Å². The van der Waals surface area contributed by atoms with Crippen molar-refractivity contribution < 1.29 is 9.90 Å². The molecule has 2 unspecified atom stereocenters. The van der Waals surface area contributed by atoms with Gasteiger partial charge in [0.2, 0.25) is 0 Å². The molecule has 1 aromatic rings. The lowest BCUT2D eigenvalue weighted by molar-refractivity contribution is 0.0548. The molecule has 2 rings (SSSR count). The topological polar surface area (TPSA) is 40.5 Å². The first-order chi connectivity index (χ1) is 8.50. The number of benzene rings is 1. The zero-order valence-electron chi connectivity index (χ0n) is 11.3. The normalized spacial score (nSPS) is 24.1. The van der Waals surface area contributed by atoms with Crippen molar-refractivity contribution in [3.05, 3.63) is 29.3 Å². The maximum absolute atomic E-state index is 12.5. The molecule has 3 heteroatoms. The summed E-state index contributed by atoms with van der Waals surface area (Å²) in [5.41, 5.74) is 1.42. The fraction of sp³-hybridized carbons (Fsp3) is 0.533. The van der Waals surface area contributed by atoms with Crippen LogP contribution in [0.15, 0.2) is 18.2 Å². The summed E-state index contributed by atoms with van der Waals surface area (Å²) < 4.78 is 0. The molecule has 1 aliphatic rings. The SMILES string of the molecule is Cc1ccc(O)c(C(=O)N2CCCC(C)C2C)c1. The Morgan fingerprint density at radius 3 is 2.83 bits per heavy atom. The van der Waals surface area contributed by atoms with E-state index in [1.807, 2.05) is 17.9 Å². The van der Waals surface area contributed by atoms with E-state index in [-0.39, 0.29) is 17.7 Å². The van der Waals surface area contributed by atoms with Gasteiger partial charge in [-0.05, 0) is 44.7 Å². The van der Waals surface area contributed by atoms with Gasteiger partial charge in [0.05, 0.1) is 5.56 Å². The molecule has 1 heterocycles. The van der Waals surface area contributed by atoms with E-state index in [4.69, 9.17) is 0 Å². The van der Waals surface area contributed by atoms with Crippen LogP contribution in [0, 0.1) is 12.8 Å². The Morgan fingerprint density at radius 2 is 2.11 bits per heavy atom. The monoisotopic (exact) mass is 247 g/mol. The number of hydrogen-bond donors (Lipinski definition) is 1. The first kappa shape index (κ1) is 12.9. The number of rotatable bonds is 1. The standard InChI is InChI=1S/C15H21NO2/c1-10-6-7-14(17)13(9-10)15(18)16-8-4-5-11(2)12(16)3/h6-7,9,11-12,17H,4-5,8H2,1-3H3. The Kier molecular flexibility index (Phi) is 3.60. The molecule has 1 fully saturated rings. The summed E-state index contributed by atoms with van der Waals surface area (Å²) in [7, 11) is 0. The minimum Gasteiger partial charge on any atom is -0.507 e. The molecule has 0 bridgehead atoms. The summed E-state index contributed by atoms with van der Waals surface area (Å²) in [6, 6.07) is 5.42. The molecule has 2 atom stereocenters. The zero-order chi connectivity index (χ0) is 13.3. The van der Waals surface area contributed by atoms with Gasteiger partial charge in [0.1, 0.15) is 5.75 Å². The van der Waals surface area contributed by atoms with Crippen LogP contribution in [0.4, 0.5) is 0 Å². The fourth-order valence-electron chi connectivity index (χ4n) is 2.60. The molecular formula is C15H21NO2. The second kappa shape index (κ2) is 5.01. The first-order valence-electron chi connectivity index (χ1n) is 6.61. The molecule has 1 N–H and O–H groups in total. The maximum atomic E-state index is 12.5. The Hall–Kier alpha value is -1.51. The minimum absolute atomic E-state index is 0.0461. The van der Waals surface area contributed by atoms with Gasteiger partial charge in [-0.15, -0.1) is 0 Å². The minimum atomic E-state index is -0.0461. The smallest absolute Gasteiger partial charge is 0.257 e. The number of phenolic OH excluding ortho intramolecular Hbond substituents is 1. The number of aryl methyl sites for hydroxylation is 1. The van der Waals surface area contributed by atoms with Crippen LogP contribution < -0.4 is 0 Å². The Morgan fingerprint density at radius 1 is 1.39 bits per heavy atom.